The summed E-state index contributed by atoms with van der Waals surface area (Å²) in [7, 11) is 0. The van der Waals surface area contributed by atoms with Gasteiger partial charge in [0.25, 0.3) is 0 Å². The normalized spacial score (nSPS) is 12.4. The van der Waals surface area contributed by atoms with E-state index in [4.69, 9.17) is 0 Å². The third-order valence-corrected chi connectivity index (χ3v) is 5.09. The van der Waals surface area contributed by atoms with E-state index >= 15 is 0 Å². The van der Waals surface area contributed by atoms with Gasteiger partial charge in [0.05, 0.1) is 0 Å². The van der Waals surface area contributed by atoms with Crippen LogP contribution >= 0.6 is 11.3 Å². The number of nitrogens with zero attached hydrogens (tertiary/aromatic N) is 2. The maximum Gasteiger partial charge on any atom is 0.205 e. The van der Waals surface area contributed by atoms with Gasteiger partial charge in [0.15, 0.2) is 0 Å². The summed E-state index contributed by atoms with van der Waals surface area (Å²) in [5, 5.41) is 12.2. The average molecular weight is 340 g/mol. The van der Waals surface area contributed by atoms with Crippen molar-refractivity contribution in [1.82, 2.24) is 10.2 Å². The Bertz CT molecular complexity index is 340. The first-order valence-corrected chi connectivity index (χ1v) is 10.7. The second-order valence-corrected chi connectivity index (χ2v) is 7.65. The van der Waals surface area contributed by atoms with Gasteiger partial charge in [0.1, 0.15) is 5.51 Å². The maximum absolute atomic E-state index is 4.03. The van der Waals surface area contributed by atoms with E-state index in [2.05, 4.69) is 29.4 Å². The summed E-state index contributed by atoms with van der Waals surface area (Å²) < 4.78 is 0. The molecule has 3 nitrogen and oxygen atoms in total. The third kappa shape index (κ3) is 12.4. The molecule has 0 amide bonds. The Kier molecular flexibility index (Phi) is 13.2. The van der Waals surface area contributed by atoms with Gasteiger partial charge in [-0.25, -0.2) is 0 Å². The SMILES string of the molecule is CCCCCCCCCCCCCCCC(C)Nc1nncs1. The van der Waals surface area contributed by atoms with Gasteiger partial charge in [0.2, 0.25) is 5.13 Å². The second-order valence-electron chi connectivity index (χ2n) is 6.82. The van der Waals surface area contributed by atoms with Crippen molar-refractivity contribution in [2.45, 2.75) is 110 Å². The van der Waals surface area contributed by atoms with Crippen molar-refractivity contribution in [3.05, 3.63) is 5.51 Å². The highest BCUT2D eigenvalue weighted by Gasteiger charge is 2.03. The summed E-state index contributed by atoms with van der Waals surface area (Å²) in [5.74, 6) is 0. The van der Waals surface area contributed by atoms with Gasteiger partial charge in [-0.1, -0.05) is 102 Å². The largest absolute Gasteiger partial charge is 0.358 e. The first kappa shape index (κ1) is 20.4. The fourth-order valence-corrected chi connectivity index (χ4v) is 3.54. The van der Waals surface area contributed by atoms with Crippen LogP contribution in [0.15, 0.2) is 5.51 Å². The summed E-state index contributed by atoms with van der Waals surface area (Å²) >= 11 is 1.58. The van der Waals surface area contributed by atoms with Crippen LogP contribution in [0.5, 0.6) is 0 Å². The molecule has 1 unspecified atom stereocenters. The summed E-state index contributed by atoms with van der Waals surface area (Å²) in [6, 6.07) is 0.510. The van der Waals surface area contributed by atoms with Crippen LogP contribution in [0.4, 0.5) is 5.13 Å². The zero-order valence-electron chi connectivity index (χ0n) is 15.4. The first-order valence-electron chi connectivity index (χ1n) is 9.85. The number of aromatic nitrogens is 2. The van der Waals surface area contributed by atoms with Crippen molar-refractivity contribution in [2.75, 3.05) is 5.32 Å². The molecule has 0 saturated heterocycles. The molecular weight excluding hydrogens is 302 g/mol. The molecule has 0 aliphatic rings. The molecule has 1 aromatic heterocycles. The van der Waals surface area contributed by atoms with Crippen molar-refractivity contribution < 1.29 is 0 Å². The van der Waals surface area contributed by atoms with E-state index in [0.717, 1.165) is 5.13 Å². The molecule has 1 atom stereocenters. The summed E-state index contributed by atoms with van der Waals surface area (Å²) in [6.45, 7) is 4.53. The minimum Gasteiger partial charge on any atom is -0.358 e. The molecule has 0 aliphatic heterocycles. The van der Waals surface area contributed by atoms with Crippen LogP contribution in [0.25, 0.3) is 0 Å². The fraction of sp³-hybridized carbons (Fsp3) is 0.895. The van der Waals surface area contributed by atoms with Gasteiger partial charge in [-0.2, -0.15) is 0 Å². The molecule has 134 valence electrons. The quantitative estimate of drug-likeness (QED) is 0.336. The van der Waals surface area contributed by atoms with Crippen LogP contribution in [0.1, 0.15) is 104 Å². The predicted octanol–water partition coefficient (Wildman–Crippen LogP) is 6.82. The van der Waals surface area contributed by atoms with E-state index in [1.165, 1.54) is 89.9 Å². The highest BCUT2D eigenvalue weighted by molar-refractivity contribution is 7.13. The van der Waals surface area contributed by atoms with Crippen molar-refractivity contribution in [2.24, 2.45) is 0 Å². The molecule has 1 aromatic rings. The number of rotatable bonds is 16. The lowest BCUT2D eigenvalue weighted by Crippen LogP contribution is -2.14. The zero-order chi connectivity index (χ0) is 16.6. The molecule has 23 heavy (non-hydrogen) atoms. The van der Waals surface area contributed by atoms with E-state index in [0.29, 0.717) is 6.04 Å². The Labute approximate surface area is 147 Å². The van der Waals surface area contributed by atoms with Crippen LogP contribution in [0, 0.1) is 0 Å². The number of hydrogen-bond acceptors (Lipinski definition) is 4. The smallest absolute Gasteiger partial charge is 0.205 e. The molecule has 0 saturated carbocycles. The lowest BCUT2D eigenvalue weighted by molar-refractivity contribution is 0.529. The zero-order valence-corrected chi connectivity index (χ0v) is 16.2. The average Bonchev–Trinajstić information content (AvgIpc) is 3.04. The number of anilines is 1. The molecule has 1 rings (SSSR count). The number of nitrogens with one attached hydrogen (secondary N) is 1. The van der Waals surface area contributed by atoms with E-state index < -0.39 is 0 Å². The Hall–Kier alpha value is -0.640. The lowest BCUT2D eigenvalue weighted by atomic mass is 10.0. The van der Waals surface area contributed by atoms with Gasteiger partial charge in [-0.05, 0) is 13.3 Å². The Morgan fingerprint density at radius 1 is 0.870 bits per heavy atom. The molecule has 0 aromatic carbocycles. The summed E-state index contributed by atoms with van der Waals surface area (Å²) in [5.41, 5.74) is 1.78. The molecule has 1 heterocycles. The molecule has 0 spiro atoms. The van der Waals surface area contributed by atoms with Gasteiger partial charge >= 0.3 is 0 Å². The van der Waals surface area contributed by atoms with Crippen LogP contribution in [0.2, 0.25) is 0 Å². The van der Waals surface area contributed by atoms with Gasteiger partial charge in [-0.15, -0.1) is 10.2 Å². The molecular formula is C19H37N3S. The van der Waals surface area contributed by atoms with Gasteiger partial charge in [-0.3, -0.25) is 0 Å². The Morgan fingerprint density at radius 2 is 1.39 bits per heavy atom. The van der Waals surface area contributed by atoms with E-state index in [9.17, 15) is 0 Å². The minimum atomic E-state index is 0.510. The number of unbranched alkanes of at least 4 members (excludes halogenated alkanes) is 12. The Balaban J connectivity index is 1.76. The topological polar surface area (TPSA) is 37.8 Å². The van der Waals surface area contributed by atoms with Crippen LogP contribution in [0.3, 0.4) is 0 Å². The maximum atomic E-state index is 4.03. The Morgan fingerprint density at radius 3 is 1.87 bits per heavy atom. The van der Waals surface area contributed by atoms with Crippen molar-refractivity contribution >= 4 is 16.5 Å². The van der Waals surface area contributed by atoms with Crippen LogP contribution < -0.4 is 5.32 Å². The molecule has 0 fully saturated rings. The standard InChI is InChI=1S/C19H37N3S/c1-3-4-5-6-7-8-9-10-11-12-13-14-15-16-18(2)21-19-22-20-17-23-19/h17-18H,3-16H2,1-2H3,(H,21,22). The molecule has 0 aliphatic carbocycles. The molecule has 0 radical (unpaired) electrons. The van der Waals surface area contributed by atoms with Crippen molar-refractivity contribution in [1.29, 1.82) is 0 Å². The number of hydrogen-bond donors (Lipinski definition) is 1. The van der Waals surface area contributed by atoms with Gasteiger partial charge < -0.3 is 5.32 Å². The van der Waals surface area contributed by atoms with Crippen molar-refractivity contribution in [3.8, 4) is 0 Å². The second kappa shape index (κ2) is 14.9. The highest BCUT2D eigenvalue weighted by Crippen LogP contribution is 2.15. The first-order chi connectivity index (χ1) is 11.3. The van der Waals surface area contributed by atoms with E-state index in [1.54, 1.807) is 16.8 Å². The van der Waals surface area contributed by atoms with Crippen LogP contribution in [-0.2, 0) is 0 Å². The molecule has 0 bridgehead atoms. The van der Waals surface area contributed by atoms with E-state index in [1.807, 2.05) is 0 Å². The molecule has 4 heteroatoms. The minimum absolute atomic E-state index is 0.510. The van der Waals surface area contributed by atoms with Crippen LogP contribution in [-0.4, -0.2) is 16.2 Å². The molecule has 1 N–H and O–H groups in total. The summed E-state index contributed by atoms with van der Waals surface area (Å²) in [4.78, 5) is 0. The van der Waals surface area contributed by atoms with E-state index in [-0.39, 0.29) is 0 Å². The third-order valence-electron chi connectivity index (χ3n) is 4.47. The lowest BCUT2D eigenvalue weighted by Gasteiger charge is -2.11. The fourth-order valence-electron chi connectivity index (χ4n) is 2.99. The summed E-state index contributed by atoms with van der Waals surface area (Å²) in [6.07, 6.45) is 19.7. The predicted molar refractivity (Wildman–Crippen MR) is 103 cm³/mol. The monoisotopic (exact) mass is 339 g/mol. The van der Waals surface area contributed by atoms with Gasteiger partial charge in [0, 0.05) is 6.04 Å². The highest BCUT2D eigenvalue weighted by atomic mass is 32.1. The van der Waals surface area contributed by atoms with Crippen molar-refractivity contribution in [3.63, 3.8) is 0 Å².